The summed E-state index contributed by atoms with van der Waals surface area (Å²) in [6, 6.07) is 26.1. The largest absolute Gasteiger partial charge is 0.497 e. The topological polar surface area (TPSA) is 39.9 Å². The third-order valence-electron chi connectivity index (χ3n) is 4.54. The van der Waals surface area contributed by atoms with Gasteiger partial charge >= 0.3 is 0 Å². The van der Waals surface area contributed by atoms with Gasteiger partial charge in [0.15, 0.2) is 11.0 Å². The number of thioether (sulfide) groups is 1. The second-order valence-electron chi connectivity index (χ2n) is 6.49. The first-order valence-electron chi connectivity index (χ1n) is 9.22. The minimum Gasteiger partial charge on any atom is -0.497 e. The molecule has 0 amide bonds. The second kappa shape index (κ2) is 9.16. The lowest BCUT2D eigenvalue weighted by molar-refractivity contribution is 0.414. The van der Waals surface area contributed by atoms with Crippen LogP contribution in [0.3, 0.4) is 0 Å². The number of methoxy groups -OCH3 is 1. The highest BCUT2D eigenvalue weighted by Gasteiger charge is 2.17. The van der Waals surface area contributed by atoms with E-state index in [0.29, 0.717) is 11.6 Å². The number of halogens is 1. The molecule has 0 atom stereocenters. The molecule has 1 aromatic heterocycles. The van der Waals surface area contributed by atoms with Gasteiger partial charge in [-0.2, -0.15) is 0 Å². The molecule has 6 heteroatoms. The molecule has 4 aromatic rings. The van der Waals surface area contributed by atoms with Crippen molar-refractivity contribution in [2.24, 2.45) is 0 Å². The fraction of sp³-hybridized carbons (Fsp3) is 0.130. The molecule has 29 heavy (non-hydrogen) atoms. The van der Waals surface area contributed by atoms with E-state index in [0.717, 1.165) is 28.0 Å². The average Bonchev–Trinajstić information content (AvgIpc) is 3.16. The van der Waals surface area contributed by atoms with Crippen LogP contribution in [0.5, 0.6) is 5.75 Å². The van der Waals surface area contributed by atoms with Crippen LogP contribution in [0.2, 0.25) is 5.02 Å². The fourth-order valence-electron chi connectivity index (χ4n) is 3.02. The Morgan fingerprint density at radius 3 is 2.31 bits per heavy atom. The van der Waals surface area contributed by atoms with Gasteiger partial charge in [-0.1, -0.05) is 78.0 Å². The summed E-state index contributed by atoms with van der Waals surface area (Å²) in [5, 5.41) is 10.5. The van der Waals surface area contributed by atoms with Crippen molar-refractivity contribution in [2.75, 3.05) is 7.11 Å². The van der Waals surface area contributed by atoms with E-state index in [4.69, 9.17) is 16.3 Å². The molecular weight excluding hydrogens is 402 g/mol. The smallest absolute Gasteiger partial charge is 0.192 e. The fourth-order valence-corrected chi connectivity index (χ4v) is 4.13. The van der Waals surface area contributed by atoms with Crippen LogP contribution in [0.25, 0.3) is 11.4 Å². The Bertz CT molecular complexity index is 1080. The Kier molecular flexibility index (Phi) is 6.17. The molecule has 0 unspecified atom stereocenters. The standard InChI is InChI=1S/C23H20ClN3OS/c1-28-19-13-11-18(12-14-19)16-29-23-26-25-22(20-9-5-6-10-21(20)24)27(23)15-17-7-3-2-4-8-17/h2-14H,15-16H2,1H3. The number of nitrogens with zero attached hydrogens (tertiary/aromatic N) is 3. The number of rotatable bonds is 7. The Labute approximate surface area is 179 Å². The van der Waals surface area contributed by atoms with Crippen molar-refractivity contribution in [3.63, 3.8) is 0 Å². The van der Waals surface area contributed by atoms with Gasteiger partial charge in [0.1, 0.15) is 5.75 Å². The van der Waals surface area contributed by atoms with Crippen molar-refractivity contribution in [3.8, 4) is 17.1 Å². The quantitative estimate of drug-likeness (QED) is 0.346. The molecule has 0 spiro atoms. The third-order valence-corrected chi connectivity index (χ3v) is 5.91. The summed E-state index contributed by atoms with van der Waals surface area (Å²) in [5.41, 5.74) is 3.27. The maximum atomic E-state index is 6.44. The number of ether oxygens (including phenoxy) is 1. The molecule has 0 aliphatic rings. The van der Waals surface area contributed by atoms with Gasteiger partial charge in [0.2, 0.25) is 0 Å². The van der Waals surface area contributed by atoms with Crippen LogP contribution in [0.1, 0.15) is 11.1 Å². The summed E-state index contributed by atoms with van der Waals surface area (Å²) in [5.74, 6) is 2.42. The molecular formula is C23H20ClN3OS. The zero-order valence-electron chi connectivity index (χ0n) is 16.0. The van der Waals surface area contributed by atoms with Gasteiger partial charge in [-0.25, -0.2) is 0 Å². The molecule has 0 radical (unpaired) electrons. The number of hydrogen-bond donors (Lipinski definition) is 0. The third kappa shape index (κ3) is 4.63. The SMILES string of the molecule is COc1ccc(CSc2nnc(-c3ccccc3Cl)n2Cc2ccccc2)cc1. The van der Waals surface area contributed by atoms with Crippen molar-refractivity contribution in [1.29, 1.82) is 0 Å². The van der Waals surface area contributed by atoms with Crippen molar-refractivity contribution in [2.45, 2.75) is 17.5 Å². The van der Waals surface area contributed by atoms with E-state index in [9.17, 15) is 0 Å². The van der Waals surface area contributed by atoms with Crippen LogP contribution < -0.4 is 4.74 Å². The first kappa shape index (κ1) is 19.6. The van der Waals surface area contributed by atoms with E-state index >= 15 is 0 Å². The molecule has 0 aliphatic heterocycles. The van der Waals surface area contributed by atoms with Crippen molar-refractivity contribution in [1.82, 2.24) is 14.8 Å². The normalized spacial score (nSPS) is 10.8. The minimum absolute atomic E-state index is 0.668. The molecule has 146 valence electrons. The Balaban J connectivity index is 1.64. The Morgan fingerprint density at radius 2 is 1.59 bits per heavy atom. The van der Waals surface area contributed by atoms with E-state index in [2.05, 4.69) is 39.0 Å². The first-order valence-corrected chi connectivity index (χ1v) is 10.6. The summed E-state index contributed by atoms with van der Waals surface area (Å²) in [4.78, 5) is 0. The molecule has 1 heterocycles. The number of aromatic nitrogens is 3. The van der Waals surface area contributed by atoms with Crippen LogP contribution in [0.15, 0.2) is 84.0 Å². The van der Waals surface area contributed by atoms with Gasteiger partial charge in [-0.3, -0.25) is 4.57 Å². The molecule has 4 nitrogen and oxygen atoms in total. The van der Waals surface area contributed by atoms with Crippen molar-refractivity contribution < 1.29 is 4.74 Å². The minimum atomic E-state index is 0.668. The summed E-state index contributed by atoms with van der Waals surface area (Å²) in [6.45, 7) is 0.680. The van der Waals surface area contributed by atoms with E-state index < -0.39 is 0 Å². The predicted octanol–water partition coefficient (Wildman–Crippen LogP) is 5.95. The summed E-state index contributed by atoms with van der Waals surface area (Å²) in [6.07, 6.45) is 0. The molecule has 4 rings (SSSR count). The highest BCUT2D eigenvalue weighted by Crippen LogP contribution is 2.31. The molecule has 0 saturated heterocycles. The zero-order valence-corrected chi connectivity index (χ0v) is 17.5. The van der Waals surface area contributed by atoms with Gasteiger partial charge in [0, 0.05) is 11.3 Å². The van der Waals surface area contributed by atoms with Crippen LogP contribution in [-0.2, 0) is 12.3 Å². The number of benzene rings is 3. The Morgan fingerprint density at radius 1 is 0.862 bits per heavy atom. The maximum Gasteiger partial charge on any atom is 0.192 e. The van der Waals surface area contributed by atoms with Crippen LogP contribution in [0, 0.1) is 0 Å². The van der Waals surface area contributed by atoms with Crippen molar-refractivity contribution in [3.05, 3.63) is 95.0 Å². The van der Waals surface area contributed by atoms with Crippen LogP contribution in [0.4, 0.5) is 0 Å². The predicted molar refractivity (Wildman–Crippen MR) is 119 cm³/mol. The maximum absolute atomic E-state index is 6.44. The van der Waals surface area contributed by atoms with E-state index in [1.807, 2.05) is 54.6 Å². The summed E-state index contributed by atoms with van der Waals surface area (Å²) in [7, 11) is 1.67. The summed E-state index contributed by atoms with van der Waals surface area (Å²) >= 11 is 8.10. The van der Waals surface area contributed by atoms with E-state index in [1.165, 1.54) is 11.1 Å². The van der Waals surface area contributed by atoms with Gasteiger partial charge in [0.05, 0.1) is 18.7 Å². The first-order chi connectivity index (χ1) is 14.2. The van der Waals surface area contributed by atoms with E-state index in [1.54, 1.807) is 18.9 Å². The van der Waals surface area contributed by atoms with Gasteiger partial charge in [-0.05, 0) is 35.4 Å². The highest BCUT2D eigenvalue weighted by atomic mass is 35.5. The van der Waals surface area contributed by atoms with Gasteiger partial charge in [0.25, 0.3) is 0 Å². The van der Waals surface area contributed by atoms with E-state index in [-0.39, 0.29) is 0 Å². The molecule has 0 saturated carbocycles. The molecule has 0 bridgehead atoms. The van der Waals surface area contributed by atoms with Crippen molar-refractivity contribution >= 4 is 23.4 Å². The van der Waals surface area contributed by atoms with Gasteiger partial charge in [-0.15, -0.1) is 10.2 Å². The lowest BCUT2D eigenvalue weighted by Gasteiger charge is -2.11. The molecule has 3 aromatic carbocycles. The second-order valence-corrected chi connectivity index (χ2v) is 7.84. The van der Waals surface area contributed by atoms with Crippen LogP contribution in [-0.4, -0.2) is 21.9 Å². The Hall–Kier alpha value is -2.76. The monoisotopic (exact) mass is 421 g/mol. The molecule has 0 N–H and O–H groups in total. The highest BCUT2D eigenvalue weighted by molar-refractivity contribution is 7.98. The summed E-state index contributed by atoms with van der Waals surface area (Å²) < 4.78 is 7.36. The van der Waals surface area contributed by atoms with Crippen LogP contribution >= 0.6 is 23.4 Å². The lowest BCUT2D eigenvalue weighted by Crippen LogP contribution is -2.04. The average molecular weight is 422 g/mol. The number of hydrogen-bond acceptors (Lipinski definition) is 4. The van der Waals surface area contributed by atoms with Gasteiger partial charge < -0.3 is 4.74 Å². The molecule has 0 fully saturated rings. The zero-order chi connectivity index (χ0) is 20.1. The molecule has 0 aliphatic carbocycles. The lowest BCUT2D eigenvalue weighted by atomic mass is 10.2.